The van der Waals surface area contributed by atoms with Crippen molar-refractivity contribution in [3.8, 4) is 5.75 Å². The molecule has 2 aliphatic heterocycles. The number of anilines is 2. The predicted octanol–water partition coefficient (Wildman–Crippen LogP) is 3.30. The molecule has 2 amide bonds. The second kappa shape index (κ2) is 7.47. The van der Waals surface area contributed by atoms with Crippen LogP contribution in [0, 0.1) is 5.82 Å². The summed E-state index contributed by atoms with van der Waals surface area (Å²) >= 11 is 0. The van der Waals surface area contributed by atoms with Gasteiger partial charge >= 0.3 is 6.61 Å². The van der Waals surface area contributed by atoms with Crippen LogP contribution < -0.4 is 15.0 Å². The molecule has 1 N–H and O–H groups in total. The summed E-state index contributed by atoms with van der Waals surface area (Å²) in [7, 11) is -3.16. The van der Waals surface area contributed by atoms with E-state index < -0.39 is 45.0 Å². The third-order valence-electron chi connectivity index (χ3n) is 5.79. The molecule has 7 nitrogen and oxygen atoms in total. The maximum Gasteiger partial charge on any atom is 0.387 e. The largest absolute Gasteiger partial charge is 0.435 e. The Kier molecular flexibility index (Phi) is 5.23. The Balaban J connectivity index is 1.70. The van der Waals surface area contributed by atoms with Gasteiger partial charge in [-0.25, -0.2) is 12.8 Å². The quantitative estimate of drug-likeness (QED) is 0.706. The number of fused-ring (bicyclic) bond motifs is 1. The Morgan fingerprint density at radius 3 is 2.36 bits per heavy atom. The molecule has 2 aromatic carbocycles. The van der Waals surface area contributed by atoms with E-state index in [2.05, 4.69) is 10.1 Å². The lowest BCUT2D eigenvalue weighted by Gasteiger charge is -2.38. The molecule has 11 heteroatoms. The van der Waals surface area contributed by atoms with Crippen molar-refractivity contribution in [1.29, 1.82) is 0 Å². The first-order chi connectivity index (χ1) is 15.2. The van der Waals surface area contributed by atoms with Gasteiger partial charge in [0, 0.05) is 11.6 Å². The number of carbonyl (C=O) groups is 2. The minimum Gasteiger partial charge on any atom is -0.435 e. The van der Waals surface area contributed by atoms with E-state index in [1.54, 1.807) is 20.8 Å². The van der Waals surface area contributed by atoms with Gasteiger partial charge in [0.1, 0.15) is 11.6 Å². The molecule has 176 valence electrons. The number of ether oxygens (including phenoxy) is 1. The van der Waals surface area contributed by atoms with Crippen LogP contribution in [0.4, 0.5) is 24.5 Å². The fourth-order valence-electron chi connectivity index (χ4n) is 4.30. The van der Waals surface area contributed by atoms with E-state index in [0.29, 0.717) is 11.3 Å². The van der Waals surface area contributed by atoms with Gasteiger partial charge in [-0.2, -0.15) is 8.78 Å². The zero-order chi connectivity index (χ0) is 24.3. The SMILES string of the molecule is CC1(NC(=O)c2ccc3c(c2)C(C)(C)C(=O)N3c2cc(OC(F)F)ccc2F)CS(=O)(=O)C1. The zero-order valence-corrected chi connectivity index (χ0v) is 18.8. The van der Waals surface area contributed by atoms with E-state index in [9.17, 15) is 31.2 Å². The molecule has 1 fully saturated rings. The van der Waals surface area contributed by atoms with Crippen molar-refractivity contribution >= 4 is 33.0 Å². The first-order valence-corrected chi connectivity index (χ1v) is 11.8. The van der Waals surface area contributed by atoms with Crippen LogP contribution in [0.2, 0.25) is 0 Å². The number of nitrogens with one attached hydrogen (secondary N) is 1. The summed E-state index contributed by atoms with van der Waals surface area (Å²) in [5.74, 6) is -2.46. The van der Waals surface area contributed by atoms with E-state index >= 15 is 0 Å². The second-order valence-corrected chi connectivity index (χ2v) is 11.1. The van der Waals surface area contributed by atoms with Crippen molar-refractivity contribution in [2.75, 3.05) is 16.4 Å². The van der Waals surface area contributed by atoms with Crippen molar-refractivity contribution in [1.82, 2.24) is 5.32 Å². The summed E-state index contributed by atoms with van der Waals surface area (Å²) < 4.78 is 67.2. The first-order valence-electron chi connectivity index (χ1n) is 9.99. The highest BCUT2D eigenvalue weighted by Crippen LogP contribution is 2.47. The minimum atomic E-state index is -3.16. The number of carbonyl (C=O) groups excluding carboxylic acids is 2. The van der Waals surface area contributed by atoms with Gasteiger partial charge in [0.05, 0.1) is 33.8 Å². The molecule has 2 aliphatic rings. The lowest BCUT2D eigenvalue weighted by atomic mass is 9.85. The molecule has 0 unspecified atom stereocenters. The molecule has 2 heterocycles. The number of amides is 2. The molecule has 2 aromatic rings. The smallest absolute Gasteiger partial charge is 0.387 e. The third kappa shape index (κ3) is 4.05. The molecule has 0 aromatic heterocycles. The Morgan fingerprint density at radius 2 is 1.76 bits per heavy atom. The molecule has 0 spiro atoms. The number of nitrogens with zero attached hydrogens (tertiary/aromatic N) is 1. The summed E-state index contributed by atoms with van der Waals surface area (Å²) in [6.45, 7) is 1.72. The van der Waals surface area contributed by atoms with Gasteiger partial charge in [-0.3, -0.25) is 14.5 Å². The molecular weight excluding hydrogens is 461 g/mol. The Hall–Kier alpha value is -3.08. The van der Waals surface area contributed by atoms with Gasteiger partial charge in [0.2, 0.25) is 5.91 Å². The van der Waals surface area contributed by atoms with Gasteiger partial charge in [0.15, 0.2) is 9.84 Å². The maximum absolute atomic E-state index is 14.6. The van der Waals surface area contributed by atoms with Crippen LogP contribution in [-0.4, -0.2) is 43.9 Å². The molecule has 0 atom stereocenters. The van der Waals surface area contributed by atoms with Gasteiger partial charge in [-0.15, -0.1) is 0 Å². The van der Waals surface area contributed by atoms with E-state index in [1.165, 1.54) is 18.2 Å². The average Bonchev–Trinajstić information content (AvgIpc) is 2.87. The van der Waals surface area contributed by atoms with Crippen LogP contribution in [0.15, 0.2) is 36.4 Å². The van der Waals surface area contributed by atoms with Gasteiger partial charge in [0.25, 0.3) is 5.91 Å². The Labute approximate surface area is 188 Å². The molecule has 33 heavy (non-hydrogen) atoms. The van der Waals surface area contributed by atoms with Crippen LogP contribution in [0.5, 0.6) is 5.75 Å². The summed E-state index contributed by atoms with van der Waals surface area (Å²) in [4.78, 5) is 27.0. The van der Waals surface area contributed by atoms with Crippen molar-refractivity contribution in [3.05, 3.63) is 53.3 Å². The molecule has 0 radical (unpaired) electrons. The molecule has 4 rings (SSSR count). The summed E-state index contributed by atoms with van der Waals surface area (Å²) in [6, 6.07) is 7.38. The minimum absolute atomic E-state index is 0.162. The summed E-state index contributed by atoms with van der Waals surface area (Å²) in [5.41, 5.74) is -1.34. The number of benzene rings is 2. The van der Waals surface area contributed by atoms with E-state index in [-0.39, 0.29) is 28.5 Å². The van der Waals surface area contributed by atoms with Crippen LogP contribution in [-0.2, 0) is 20.0 Å². The van der Waals surface area contributed by atoms with Crippen LogP contribution in [0.1, 0.15) is 36.7 Å². The topological polar surface area (TPSA) is 92.8 Å². The lowest BCUT2D eigenvalue weighted by molar-refractivity contribution is -0.121. The van der Waals surface area contributed by atoms with Crippen LogP contribution in [0.3, 0.4) is 0 Å². The monoisotopic (exact) mass is 482 g/mol. The Morgan fingerprint density at radius 1 is 1.09 bits per heavy atom. The van der Waals surface area contributed by atoms with Crippen molar-refractivity contribution in [2.45, 2.75) is 38.3 Å². The van der Waals surface area contributed by atoms with E-state index in [0.717, 1.165) is 23.1 Å². The zero-order valence-electron chi connectivity index (χ0n) is 18.0. The number of alkyl halides is 2. The number of hydrogen-bond donors (Lipinski definition) is 1. The molecule has 1 saturated heterocycles. The Bertz CT molecular complexity index is 1260. The molecule has 0 aliphatic carbocycles. The summed E-state index contributed by atoms with van der Waals surface area (Å²) in [5, 5.41) is 2.71. The molecule has 0 bridgehead atoms. The maximum atomic E-state index is 14.6. The normalized spacial score (nSPS) is 19.7. The van der Waals surface area contributed by atoms with Crippen LogP contribution in [0.25, 0.3) is 0 Å². The highest BCUT2D eigenvalue weighted by Gasteiger charge is 2.47. The third-order valence-corrected chi connectivity index (χ3v) is 7.94. The van der Waals surface area contributed by atoms with Gasteiger partial charge in [-0.05, 0) is 56.7 Å². The van der Waals surface area contributed by atoms with E-state index in [4.69, 9.17) is 0 Å². The van der Waals surface area contributed by atoms with Gasteiger partial charge in [-0.1, -0.05) is 0 Å². The van der Waals surface area contributed by atoms with Gasteiger partial charge < -0.3 is 10.1 Å². The predicted molar refractivity (Wildman–Crippen MR) is 114 cm³/mol. The first kappa shape index (κ1) is 23.1. The number of hydrogen-bond acceptors (Lipinski definition) is 5. The van der Waals surface area contributed by atoms with Crippen molar-refractivity contribution in [3.63, 3.8) is 0 Å². The standard InChI is InChI=1S/C22H21F3N2O5S/c1-21(2)14-8-12(18(28)26-22(3)10-33(30,31)11-22)4-7-16(14)27(19(21)29)17-9-13(32-20(24)25)5-6-15(17)23/h4-9,20H,10-11H2,1-3H3,(H,26,28). The number of rotatable bonds is 5. The highest BCUT2D eigenvalue weighted by atomic mass is 32.2. The fourth-order valence-corrected chi connectivity index (χ4v) is 6.30. The number of halogens is 3. The van der Waals surface area contributed by atoms with Crippen molar-refractivity contribution in [2.24, 2.45) is 0 Å². The summed E-state index contributed by atoms with van der Waals surface area (Å²) in [6.07, 6.45) is 0. The molecular formula is C22H21F3N2O5S. The van der Waals surface area contributed by atoms with Crippen molar-refractivity contribution < 1.29 is 35.9 Å². The molecule has 0 saturated carbocycles. The lowest BCUT2D eigenvalue weighted by Crippen LogP contribution is -2.63. The van der Waals surface area contributed by atoms with E-state index in [1.807, 2.05) is 0 Å². The fraction of sp³-hybridized carbons (Fsp3) is 0.364. The second-order valence-electron chi connectivity index (χ2n) is 9.04. The van der Waals surface area contributed by atoms with Crippen LogP contribution >= 0.6 is 0 Å². The highest BCUT2D eigenvalue weighted by molar-refractivity contribution is 7.93. The average molecular weight is 482 g/mol. The number of sulfone groups is 1.